The molecule has 1 atom stereocenters. The fourth-order valence-electron chi connectivity index (χ4n) is 1.45. The molecule has 0 heterocycles. The largest absolute Gasteiger partial charge is 0.508 e. The number of carboxylic acids is 2. The van der Waals surface area contributed by atoms with Crippen molar-refractivity contribution in [2.24, 2.45) is 5.73 Å². The number of carboxylic acid groups (broad SMARTS) is 2. The lowest BCUT2D eigenvalue weighted by molar-refractivity contribution is -0.142. The lowest BCUT2D eigenvalue weighted by Crippen LogP contribution is -2.46. The van der Waals surface area contributed by atoms with Gasteiger partial charge in [0.1, 0.15) is 11.3 Å². The Morgan fingerprint density at radius 2 is 1.89 bits per heavy atom. The van der Waals surface area contributed by atoms with Crippen LogP contribution in [0.5, 0.6) is 5.75 Å². The van der Waals surface area contributed by atoms with Crippen LogP contribution in [-0.4, -0.2) is 32.8 Å². The van der Waals surface area contributed by atoms with E-state index in [9.17, 15) is 14.7 Å². The summed E-state index contributed by atoms with van der Waals surface area (Å²) in [4.78, 5) is 21.6. The van der Waals surface area contributed by atoms with Crippen LogP contribution in [0.2, 0.25) is 0 Å². The maximum atomic E-state index is 10.9. The summed E-state index contributed by atoms with van der Waals surface area (Å²) in [6.07, 6.45) is -0.168. The molecule has 98 valence electrons. The van der Waals surface area contributed by atoms with Crippen LogP contribution in [0.25, 0.3) is 0 Å². The molecule has 7 N–H and O–H groups in total. The van der Waals surface area contributed by atoms with Gasteiger partial charge in [-0.2, -0.15) is 0 Å². The molecule has 0 spiro atoms. The second kappa shape index (κ2) is 4.53. The third-order valence-electron chi connectivity index (χ3n) is 2.53. The lowest BCUT2D eigenvalue weighted by atomic mass is 9.92. The fraction of sp³-hybridized carbons (Fsp3) is 0.273. The van der Waals surface area contributed by atoms with Crippen LogP contribution >= 0.6 is 0 Å². The minimum absolute atomic E-state index is 0.0588. The lowest BCUT2D eigenvalue weighted by Gasteiger charge is -2.20. The number of carbonyl (C=O) groups is 2. The Morgan fingerprint density at radius 3 is 2.33 bits per heavy atom. The normalized spacial score (nSPS) is 13.9. The summed E-state index contributed by atoms with van der Waals surface area (Å²) in [6.45, 7) is 1.29. The van der Waals surface area contributed by atoms with Gasteiger partial charge in [0.2, 0.25) is 0 Å². The molecule has 0 saturated heterocycles. The molecular weight excluding hydrogens is 240 g/mol. The minimum Gasteiger partial charge on any atom is -0.508 e. The van der Waals surface area contributed by atoms with Gasteiger partial charge in [0.25, 0.3) is 0 Å². The van der Waals surface area contributed by atoms with Crippen molar-refractivity contribution in [3.63, 3.8) is 0 Å². The average Bonchev–Trinajstić information content (AvgIpc) is 2.21. The smallest absolute Gasteiger partial charge is 0.337 e. The van der Waals surface area contributed by atoms with Gasteiger partial charge in [-0.15, -0.1) is 0 Å². The summed E-state index contributed by atoms with van der Waals surface area (Å²) < 4.78 is 0. The van der Waals surface area contributed by atoms with E-state index in [2.05, 4.69) is 0 Å². The highest BCUT2D eigenvalue weighted by atomic mass is 16.4. The number of phenols is 1. The Labute approximate surface area is 103 Å². The standard InChI is InChI=1S/C11H14N2O5/c1-11(13,10(17)18)4-5-2-7(12)6(9(15)16)3-8(5)14/h2-3,14H,4,12-13H2,1H3,(H,15,16)(H,17,18). The maximum Gasteiger partial charge on any atom is 0.337 e. The van der Waals surface area contributed by atoms with Crippen molar-refractivity contribution in [2.45, 2.75) is 18.9 Å². The van der Waals surface area contributed by atoms with E-state index in [1.807, 2.05) is 0 Å². The monoisotopic (exact) mass is 254 g/mol. The zero-order valence-electron chi connectivity index (χ0n) is 9.67. The molecule has 0 aliphatic rings. The predicted octanol–water partition coefficient (Wildman–Crippen LogP) is 0.0171. The van der Waals surface area contributed by atoms with Crippen LogP contribution in [-0.2, 0) is 11.2 Å². The Hall–Kier alpha value is -2.28. The number of aromatic carboxylic acids is 1. The van der Waals surface area contributed by atoms with Crippen molar-refractivity contribution in [3.05, 3.63) is 23.3 Å². The van der Waals surface area contributed by atoms with Crippen molar-refractivity contribution in [3.8, 4) is 5.75 Å². The maximum absolute atomic E-state index is 10.9. The first-order valence-corrected chi connectivity index (χ1v) is 5.02. The number of rotatable bonds is 4. The van der Waals surface area contributed by atoms with E-state index in [0.29, 0.717) is 0 Å². The summed E-state index contributed by atoms with van der Waals surface area (Å²) in [5.74, 6) is -2.86. The van der Waals surface area contributed by atoms with E-state index in [1.165, 1.54) is 13.0 Å². The van der Waals surface area contributed by atoms with Gasteiger partial charge in [0.15, 0.2) is 0 Å². The van der Waals surface area contributed by atoms with Gasteiger partial charge in [-0.05, 0) is 24.6 Å². The number of hydrogen-bond acceptors (Lipinski definition) is 5. The number of hydrogen-bond donors (Lipinski definition) is 5. The Kier molecular flexibility index (Phi) is 3.47. The van der Waals surface area contributed by atoms with Gasteiger partial charge in [-0.3, -0.25) is 4.79 Å². The van der Waals surface area contributed by atoms with Crippen molar-refractivity contribution < 1.29 is 24.9 Å². The van der Waals surface area contributed by atoms with Crippen LogP contribution in [0.3, 0.4) is 0 Å². The highest BCUT2D eigenvalue weighted by molar-refractivity contribution is 5.94. The molecule has 18 heavy (non-hydrogen) atoms. The fourth-order valence-corrected chi connectivity index (χ4v) is 1.45. The molecule has 7 heteroatoms. The summed E-state index contributed by atoms with van der Waals surface area (Å²) in [7, 11) is 0. The van der Waals surface area contributed by atoms with E-state index in [-0.39, 0.29) is 29.0 Å². The third-order valence-corrected chi connectivity index (χ3v) is 2.53. The molecule has 0 aliphatic heterocycles. The molecule has 0 saturated carbocycles. The molecule has 0 aromatic heterocycles. The summed E-state index contributed by atoms with van der Waals surface area (Å²) >= 11 is 0. The van der Waals surface area contributed by atoms with Crippen LogP contribution < -0.4 is 11.5 Å². The van der Waals surface area contributed by atoms with Crippen molar-refractivity contribution >= 4 is 17.6 Å². The molecule has 1 rings (SSSR count). The summed E-state index contributed by atoms with van der Waals surface area (Å²) in [5, 5.41) is 27.3. The highest BCUT2D eigenvalue weighted by Gasteiger charge is 2.29. The second-order valence-electron chi connectivity index (χ2n) is 4.27. The summed E-state index contributed by atoms with van der Waals surface area (Å²) in [5.41, 5.74) is 9.35. The molecular formula is C11H14N2O5. The van der Waals surface area contributed by atoms with Gasteiger partial charge in [-0.25, -0.2) is 4.79 Å². The SMILES string of the molecule is CC(N)(Cc1cc(N)c(C(=O)O)cc1O)C(=O)O. The molecule has 1 aromatic rings. The number of aliphatic carboxylic acids is 1. The summed E-state index contributed by atoms with van der Waals surface area (Å²) in [6, 6.07) is 2.19. The van der Waals surface area contributed by atoms with E-state index in [1.54, 1.807) is 0 Å². The Balaban J connectivity index is 3.17. The minimum atomic E-state index is -1.57. The van der Waals surface area contributed by atoms with Crippen LogP contribution in [0.4, 0.5) is 5.69 Å². The number of nitrogens with two attached hydrogens (primary N) is 2. The molecule has 0 aliphatic carbocycles. The van der Waals surface area contributed by atoms with Crippen molar-refractivity contribution in [1.82, 2.24) is 0 Å². The molecule has 1 aromatic carbocycles. The number of phenolic OH excluding ortho intramolecular Hbond substituents is 1. The van der Waals surface area contributed by atoms with Gasteiger partial charge in [0, 0.05) is 12.1 Å². The molecule has 1 unspecified atom stereocenters. The first kappa shape index (κ1) is 13.8. The Bertz CT molecular complexity index is 510. The highest BCUT2D eigenvalue weighted by Crippen LogP contribution is 2.27. The van der Waals surface area contributed by atoms with Gasteiger partial charge in [0.05, 0.1) is 5.56 Å². The number of aromatic hydroxyl groups is 1. The zero-order chi connectivity index (χ0) is 14.1. The van der Waals surface area contributed by atoms with Crippen LogP contribution in [0.15, 0.2) is 12.1 Å². The quantitative estimate of drug-likeness (QED) is 0.375. The topological polar surface area (TPSA) is 147 Å². The van der Waals surface area contributed by atoms with Crippen LogP contribution in [0, 0.1) is 0 Å². The van der Waals surface area contributed by atoms with E-state index >= 15 is 0 Å². The molecule has 0 bridgehead atoms. The number of anilines is 1. The van der Waals surface area contributed by atoms with Gasteiger partial charge < -0.3 is 26.8 Å². The first-order chi connectivity index (χ1) is 8.15. The van der Waals surface area contributed by atoms with Gasteiger partial charge >= 0.3 is 11.9 Å². The second-order valence-corrected chi connectivity index (χ2v) is 4.27. The Morgan fingerprint density at radius 1 is 1.33 bits per heavy atom. The molecule has 0 fully saturated rings. The van der Waals surface area contributed by atoms with E-state index in [4.69, 9.17) is 21.7 Å². The first-order valence-electron chi connectivity index (χ1n) is 5.02. The zero-order valence-corrected chi connectivity index (χ0v) is 9.67. The number of benzene rings is 1. The number of nitrogen functional groups attached to an aromatic ring is 1. The average molecular weight is 254 g/mol. The molecule has 0 radical (unpaired) electrons. The van der Waals surface area contributed by atoms with E-state index < -0.39 is 17.5 Å². The third kappa shape index (κ3) is 2.69. The van der Waals surface area contributed by atoms with Crippen molar-refractivity contribution in [2.75, 3.05) is 5.73 Å². The molecule has 7 nitrogen and oxygen atoms in total. The van der Waals surface area contributed by atoms with Gasteiger partial charge in [-0.1, -0.05) is 0 Å². The predicted molar refractivity (Wildman–Crippen MR) is 63.4 cm³/mol. The van der Waals surface area contributed by atoms with Crippen molar-refractivity contribution in [1.29, 1.82) is 0 Å². The van der Waals surface area contributed by atoms with E-state index in [0.717, 1.165) is 6.07 Å². The van der Waals surface area contributed by atoms with Crippen LogP contribution in [0.1, 0.15) is 22.8 Å². The molecule has 0 amide bonds.